The summed E-state index contributed by atoms with van der Waals surface area (Å²) in [4.78, 5) is 30.9. The van der Waals surface area contributed by atoms with Gasteiger partial charge in [-0.25, -0.2) is 0 Å². The van der Waals surface area contributed by atoms with Crippen LogP contribution in [0.2, 0.25) is 0 Å². The molecule has 2 aliphatic heterocycles. The number of hydrogen-bond acceptors (Lipinski definition) is 6. The molecule has 2 amide bonds. The second-order valence-electron chi connectivity index (χ2n) is 8.40. The third-order valence-electron chi connectivity index (χ3n) is 6.29. The van der Waals surface area contributed by atoms with Gasteiger partial charge in [0.1, 0.15) is 18.1 Å². The zero-order valence-corrected chi connectivity index (χ0v) is 20.1. The molecular formula is C25H32N2O5S. The van der Waals surface area contributed by atoms with E-state index in [2.05, 4.69) is 11.4 Å². The van der Waals surface area contributed by atoms with Crippen molar-refractivity contribution in [2.75, 3.05) is 40.0 Å². The SMILES string of the molecule is CCC(=O)N(CC(=O)N1CCc2sccc2[C@H]1COc1cccc(OC)c1)C[C@@H]1CCCO1. The third-order valence-corrected chi connectivity index (χ3v) is 7.29. The van der Waals surface area contributed by atoms with Crippen molar-refractivity contribution in [1.82, 2.24) is 9.80 Å². The van der Waals surface area contributed by atoms with Crippen molar-refractivity contribution in [3.8, 4) is 11.5 Å². The Morgan fingerprint density at radius 2 is 2.12 bits per heavy atom. The molecule has 0 aliphatic carbocycles. The van der Waals surface area contributed by atoms with E-state index in [1.807, 2.05) is 36.1 Å². The Kier molecular flexibility index (Phi) is 7.88. The van der Waals surface area contributed by atoms with Gasteiger partial charge in [-0.3, -0.25) is 9.59 Å². The lowest BCUT2D eigenvalue weighted by Crippen LogP contribution is -2.49. The van der Waals surface area contributed by atoms with E-state index in [0.29, 0.717) is 31.9 Å². The van der Waals surface area contributed by atoms with E-state index in [1.54, 1.807) is 23.3 Å². The van der Waals surface area contributed by atoms with Crippen molar-refractivity contribution < 1.29 is 23.8 Å². The Bertz CT molecular complexity index is 956. The first-order chi connectivity index (χ1) is 16.1. The summed E-state index contributed by atoms with van der Waals surface area (Å²) in [5.74, 6) is 1.36. The molecule has 33 heavy (non-hydrogen) atoms. The second-order valence-corrected chi connectivity index (χ2v) is 9.41. The van der Waals surface area contributed by atoms with Crippen molar-refractivity contribution in [2.24, 2.45) is 0 Å². The van der Waals surface area contributed by atoms with Gasteiger partial charge in [0.2, 0.25) is 11.8 Å². The lowest BCUT2D eigenvalue weighted by molar-refractivity contribution is -0.143. The molecule has 0 spiro atoms. The Labute approximate surface area is 199 Å². The highest BCUT2D eigenvalue weighted by Crippen LogP contribution is 2.34. The van der Waals surface area contributed by atoms with Crippen LogP contribution in [-0.2, 0) is 20.7 Å². The number of carbonyl (C=O) groups is 2. The summed E-state index contributed by atoms with van der Waals surface area (Å²) in [5, 5.41) is 2.07. The minimum Gasteiger partial charge on any atom is -0.497 e. The average Bonchev–Trinajstić information content (AvgIpc) is 3.53. The standard InChI is InChI=1S/C25H32N2O5S/c1-3-24(28)26(15-20-8-5-12-31-20)16-25(29)27-11-9-23-21(10-13-33-23)22(27)17-32-19-7-4-6-18(14-19)30-2/h4,6-7,10,13-14,20,22H,3,5,8-9,11-12,15-17H2,1-2H3/t20-,22+/m0/s1. The van der Waals surface area contributed by atoms with Crippen LogP contribution in [0.3, 0.4) is 0 Å². The normalized spacial score (nSPS) is 19.8. The number of methoxy groups -OCH3 is 1. The molecule has 0 N–H and O–H groups in total. The van der Waals surface area contributed by atoms with Gasteiger partial charge in [0.25, 0.3) is 0 Å². The molecule has 7 nitrogen and oxygen atoms in total. The smallest absolute Gasteiger partial charge is 0.242 e. The Hall–Kier alpha value is -2.58. The Balaban J connectivity index is 1.48. The maximum absolute atomic E-state index is 13.5. The second kappa shape index (κ2) is 11.0. The van der Waals surface area contributed by atoms with Crippen molar-refractivity contribution in [2.45, 2.75) is 44.8 Å². The summed E-state index contributed by atoms with van der Waals surface area (Å²) in [5.41, 5.74) is 1.13. The van der Waals surface area contributed by atoms with E-state index in [4.69, 9.17) is 14.2 Å². The number of ether oxygens (including phenoxy) is 3. The molecule has 0 unspecified atom stereocenters. The van der Waals surface area contributed by atoms with Crippen LogP contribution in [0, 0.1) is 0 Å². The van der Waals surface area contributed by atoms with Crippen LogP contribution >= 0.6 is 11.3 Å². The molecule has 1 fully saturated rings. The van der Waals surface area contributed by atoms with Gasteiger partial charge in [-0.15, -0.1) is 11.3 Å². The van der Waals surface area contributed by atoms with Crippen LogP contribution in [0.15, 0.2) is 35.7 Å². The van der Waals surface area contributed by atoms with E-state index in [0.717, 1.165) is 37.2 Å². The first kappa shape index (κ1) is 23.6. The molecule has 3 heterocycles. The van der Waals surface area contributed by atoms with Crippen LogP contribution < -0.4 is 9.47 Å². The third kappa shape index (κ3) is 5.68. The van der Waals surface area contributed by atoms with Gasteiger partial charge < -0.3 is 24.0 Å². The number of nitrogens with zero attached hydrogens (tertiary/aromatic N) is 2. The van der Waals surface area contributed by atoms with Gasteiger partial charge in [0.15, 0.2) is 0 Å². The highest BCUT2D eigenvalue weighted by molar-refractivity contribution is 7.10. The first-order valence-electron chi connectivity index (χ1n) is 11.6. The Morgan fingerprint density at radius 3 is 2.88 bits per heavy atom. The zero-order valence-electron chi connectivity index (χ0n) is 19.3. The molecule has 2 aromatic rings. The van der Waals surface area contributed by atoms with Crippen molar-refractivity contribution in [1.29, 1.82) is 0 Å². The molecule has 1 aromatic heterocycles. The number of carbonyl (C=O) groups excluding carboxylic acids is 2. The molecule has 1 aromatic carbocycles. The van der Waals surface area contributed by atoms with Gasteiger partial charge in [-0.05, 0) is 48.4 Å². The number of rotatable bonds is 9. The summed E-state index contributed by atoms with van der Waals surface area (Å²) >= 11 is 1.72. The number of fused-ring (bicyclic) bond motifs is 1. The fraction of sp³-hybridized carbons (Fsp3) is 0.520. The predicted octanol–water partition coefficient (Wildman–Crippen LogP) is 3.68. The van der Waals surface area contributed by atoms with E-state index in [1.165, 1.54) is 4.88 Å². The van der Waals surface area contributed by atoms with E-state index < -0.39 is 0 Å². The molecule has 8 heteroatoms. The zero-order chi connectivity index (χ0) is 23.2. The molecule has 4 rings (SSSR count). The summed E-state index contributed by atoms with van der Waals surface area (Å²) in [7, 11) is 1.62. The van der Waals surface area contributed by atoms with Gasteiger partial charge in [-0.2, -0.15) is 0 Å². The number of thiophene rings is 1. The minimum atomic E-state index is -0.194. The van der Waals surface area contributed by atoms with Gasteiger partial charge in [0, 0.05) is 37.1 Å². The molecule has 1 saturated heterocycles. The molecule has 0 radical (unpaired) electrons. The average molecular weight is 473 g/mol. The fourth-order valence-electron chi connectivity index (χ4n) is 4.51. The quantitative estimate of drug-likeness (QED) is 0.557. The number of benzene rings is 1. The van der Waals surface area contributed by atoms with E-state index in [-0.39, 0.29) is 30.5 Å². The van der Waals surface area contributed by atoms with E-state index >= 15 is 0 Å². The molecular weight excluding hydrogens is 440 g/mol. The topological polar surface area (TPSA) is 68.3 Å². The fourth-order valence-corrected chi connectivity index (χ4v) is 5.44. The molecule has 0 bridgehead atoms. The predicted molar refractivity (Wildman–Crippen MR) is 127 cm³/mol. The highest BCUT2D eigenvalue weighted by atomic mass is 32.1. The largest absolute Gasteiger partial charge is 0.497 e. The summed E-state index contributed by atoms with van der Waals surface area (Å²) in [6, 6.07) is 9.36. The van der Waals surface area contributed by atoms with Crippen LogP contribution in [0.5, 0.6) is 11.5 Å². The maximum Gasteiger partial charge on any atom is 0.242 e. The number of amides is 2. The lowest BCUT2D eigenvalue weighted by Gasteiger charge is -2.37. The molecule has 0 saturated carbocycles. The Morgan fingerprint density at radius 1 is 1.27 bits per heavy atom. The van der Waals surface area contributed by atoms with E-state index in [9.17, 15) is 9.59 Å². The first-order valence-corrected chi connectivity index (χ1v) is 12.5. The summed E-state index contributed by atoms with van der Waals surface area (Å²) in [6.45, 7) is 4.06. The van der Waals surface area contributed by atoms with Crippen LogP contribution in [0.1, 0.15) is 42.7 Å². The number of hydrogen-bond donors (Lipinski definition) is 0. The maximum atomic E-state index is 13.5. The van der Waals surface area contributed by atoms with Crippen LogP contribution in [0.4, 0.5) is 0 Å². The monoisotopic (exact) mass is 472 g/mol. The highest BCUT2D eigenvalue weighted by Gasteiger charge is 2.34. The van der Waals surface area contributed by atoms with Crippen LogP contribution in [-0.4, -0.2) is 67.7 Å². The minimum absolute atomic E-state index is 0.0173. The van der Waals surface area contributed by atoms with Crippen molar-refractivity contribution in [3.63, 3.8) is 0 Å². The van der Waals surface area contributed by atoms with Crippen molar-refractivity contribution in [3.05, 3.63) is 46.2 Å². The van der Waals surface area contributed by atoms with Crippen molar-refractivity contribution >= 4 is 23.2 Å². The van der Waals surface area contributed by atoms with Gasteiger partial charge >= 0.3 is 0 Å². The van der Waals surface area contributed by atoms with Crippen LogP contribution in [0.25, 0.3) is 0 Å². The van der Waals surface area contributed by atoms with Gasteiger partial charge in [-0.1, -0.05) is 13.0 Å². The summed E-state index contributed by atoms with van der Waals surface area (Å²) in [6.07, 6.45) is 3.15. The molecule has 2 atom stereocenters. The lowest BCUT2D eigenvalue weighted by atomic mass is 10.0. The summed E-state index contributed by atoms with van der Waals surface area (Å²) < 4.78 is 17.1. The van der Waals surface area contributed by atoms with Gasteiger partial charge in [0.05, 0.1) is 25.8 Å². The molecule has 178 valence electrons. The molecule has 2 aliphatic rings.